The van der Waals surface area contributed by atoms with Gasteiger partial charge in [0.25, 0.3) is 10.0 Å². The van der Waals surface area contributed by atoms with Crippen molar-refractivity contribution in [3.63, 3.8) is 0 Å². The average Bonchev–Trinajstić information content (AvgIpc) is 2.73. The van der Waals surface area contributed by atoms with Gasteiger partial charge in [0.15, 0.2) is 0 Å². The van der Waals surface area contributed by atoms with E-state index >= 15 is 0 Å². The molecule has 0 atom stereocenters. The van der Waals surface area contributed by atoms with Crippen molar-refractivity contribution in [1.29, 1.82) is 0 Å². The molecule has 0 spiro atoms. The van der Waals surface area contributed by atoms with Gasteiger partial charge in [-0.3, -0.25) is 4.79 Å². The summed E-state index contributed by atoms with van der Waals surface area (Å²) in [6.45, 7) is 3.63. The molecule has 2 aromatic rings. The van der Waals surface area contributed by atoms with E-state index in [1.54, 1.807) is 31.2 Å². The van der Waals surface area contributed by atoms with Gasteiger partial charge < -0.3 is 5.32 Å². The van der Waals surface area contributed by atoms with Gasteiger partial charge in [-0.2, -0.15) is 18.4 Å². The predicted octanol–water partition coefficient (Wildman–Crippen LogP) is 4.22. The zero-order valence-electron chi connectivity index (χ0n) is 16.8. The van der Waals surface area contributed by atoms with Crippen LogP contribution in [0.15, 0.2) is 58.5 Å². The first-order chi connectivity index (χ1) is 13.8. The fraction of sp³-hybridized carbons (Fsp3) is 0.364. The molecule has 7 heteroatoms. The van der Waals surface area contributed by atoms with Crippen LogP contribution in [0.25, 0.3) is 0 Å². The minimum atomic E-state index is -3.71. The highest BCUT2D eigenvalue weighted by Gasteiger charge is 2.21. The molecular weight excluding hydrogens is 386 g/mol. The molecule has 2 aromatic carbocycles. The second-order valence-electron chi connectivity index (χ2n) is 7.51. The number of aryl methyl sites for hydroxylation is 1. The monoisotopic (exact) mass is 413 g/mol. The summed E-state index contributed by atoms with van der Waals surface area (Å²) in [5.74, 6) is 0.177. The first kappa shape index (κ1) is 21.0. The van der Waals surface area contributed by atoms with Crippen LogP contribution in [-0.4, -0.2) is 20.0 Å². The molecule has 0 aliphatic heterocycles. The van der Waals surface area contributed by atoms with E-state index in [0.29, 0.717) is 5.71 Å². The third-order valence-corrected chi connectivity index (χ3v) is 6.44. The van der Waals surface area contributed by atoms with E-state index in [4.69, 9.17) is 0 Å². The van der Waals surface area contributed by atoms with Crippen LogP contribution in [0.3, 0.4) is 0 Å². The molecule has 6 nitrogen and oxygen atoms in total. The van der Waals surface area contributed by atoms with E-state index in [1.807, 2.05) is 31.2 Å². The van der Waals surface area contributed by atoms with Gasteiger partial charge in [0.1, 0.15) is 0 Å². The molecular formula is C22H27N3O3S. The quantitative estimate of drug-likeness (QED) is 0.549. The molecule has 1 aliphatic rings. The lowest BCUT2D eigenvalue weighted by atomic mass is 9.88. The lowest BCUT2D eigenvalue weighted by Crippen LogP contribution is -2.24. The summed E-state index contributed by atoms with van der Waals surface area (Å²) in [4.78, 5) is 14.8. The summed E-state index contributed by atoms with van der Waals surface area (Å²) in [6.07, 6.45) is 5.36. The number of hydrogen-bond donors (Lipinski definition) is 2. The highest BCUT2D eigenvalue weighted by molar-refractivity contribution is 7.89. The SMILES string of the molecule is C/C(=N/NS(=O)(=O)c1ccc(C)cc1)c1ccc(NC(=O)C2CCCCC2)cc1. The van der Waals surface area contributed by atoms with Crippen LogP contribution in [0, 0.1) is 12.8 Å². The molecule has 0 radical (unpaired) electrons. The number of benzene rings is 2. The van der Waals surface area contributed by atoms with Crippen molar-refractivity contribution in [3.05, 3.63) is 59.7 Å². The molecule has 1 fully saturated rings. The number of anilines is 1. The second-order valence-corrected chi connectivity index (χ2v) is 9.17. The van der Waals surface area contributed by atoms with Crippen LogP contribution >= 0.6 is 0 Å². The Morgan fingerprint density at radius 3 is 2.21 bits per heavy atom. The van der Waals surface area contributed by atoms with Gasteiger partial charge in [0.2, 0.25) is 5.91 Å². The van der Waals surface area contributed by atoms with Gasteiger partial charge in [-0.15, -0.1) is 0 Å². The number of hydrazone groups is 1. The van der Waals surface area contributed by atoms with E-state index in [-0.39, 0.29) is 16.7 Å². The Labute approximate surface area is 172 Å². The maximum atomic E-state index is 12.3. The molecule has 1 saturated carbocycles. The van der Waals surface area contributed by atoms with E-state index < -0.39 is 10.0 Å². The molecule has 0 bridgehead atoms. The van der Waals surface area contributed by atoms with Crippen LogP contribution in [-0.2, 0) is 14.8 Å². The molecule has 154 valence electrons. The molecule has 0 heterocycles. The van der Waals surface area contributed by atoms with Crippen molar-refractivity contribution in [2.24, 2.45) is 11.0 Å². The van der Waals surface area contributed by atoms with Crippen LogP contribution in [0.5, 0.6) is 0 Å². The number of nitrogens with zero attached hydrogens (tertiary/aromatic N) is 1. The Bertz CT molecular complexity index is 975. The van der Waals surface area contributed by atoms with Gasteiger partial charge in [0, 0.05) is 11.6 Å². The number of nitrogens with one attached hydrogen (secondary N) is 2. The summed E-state index contributed by atoms with van der Waals surface area (Å²) in [6, 6.07) is 13.8. The summed E-state index contributed by atoms with van der Waals surface area (Å²) in [5, 5.41) is 6.99. The standard InChI is InChI=1S/C22H27N3O3S/c1-16-8-14-21(15-9-16)29(27,28)25-24-17(2)18-10-12-20(13-11-18)23-22(26)19-6-4-3-5-7-19/h8-15,19,25H,3-7H2,1-2H3,(H,23,26)/b24-17-. The average molecular weight is 414 g/mol. The minimum Gasteiger partial charge on any atom is -0.326 e. The highest BCUT2D eigenvalue weighted by atomic mass is 32.2. The Morgan fingerprint density at radius 2 is 1.59 bits per heavy atom. The van der Waals surface area contributed by atoms with Crippen molar-refractivity contribution >= 4 is 27.3 Å². The van der Waals surface area contributed by atoms with E-state index in [9.17, 15) is 13.2 Å². The van der Waals surface area contributed by atoms with Crippen molar-refractivity contribution < 1.29 is 13.2 Å². The minimum absolute atomic E-state index is 0.0775. The number of sulfonamides is 1. The van der Waals surface area contributed by atoms with Gasteiger partial charge in [-0.25, -0.2) is 0 Å². The van der Waals surface area contributed by atoms with Crippen LogP contribution in [0.2, 0.25) is 0 Å². The van der Waals surface area contributed by atoms with Gasteiger partial charge >= 0.3 is 0 Å². The molecule has 2 N–H and O–H groups in total. The Kier molecular flexibility index (Phi) is 6.69. The van der Waals surface area contributed by atoms with Crippen molar-refractivity contribution in [1.82, 2.24) is 4.83 Å². The predicted molar refractivity (Wildman–Crippen MR) is 115 cm³/mol. The Morgan fingerprint density at radius 1 is 0.966 bits per heavy atom. The molecule has 29 heavy (non-hydrogen) atoms. The van der Waals surface area contributed by atoms with Crippen LogP contribution in [0.4, 0.5) is 5.69 Å². The summed E-state index contributed by atoms with van der Waals surface area (Å²) in [7, 11) is -3.71. The third kappa shape index (κ3) is 5.67. The van der Waals surface area contributed by atoms with Gasteiger partial charge in [0.05, 0.1) is 10.6 Å². The largest absolute Gasteiger partial charge is 0.326 e. The first-order valence-corrected chi connectivity index (χ1v) is 11.4. The molecule has 3 rings (SSSR count). The summed E-state index contributed by atoms with van der Waals surface area (Å²) < 4.78 is 24.7. The second kappa shape index (κ2) is 9.22. The van der Waals surface area contributed by atoms with Gasteiger partial charge in [-0.05, 0) is 56.5 Å². The van der Waals surface area contributed by atoms with Crippen LogP contribution < -0.4 is 10.1 Å². The number of carbonyl (C=O) groups excluding carboxylic acids is 1. The summed E-state index contributed by atoms with van der Waals surface area (Å²) in [5.41, 5.74) is 3.02. The lowest BCUT2D eigenvalue weighted by molar-refractivity contribution is -0.120. The fourth-order valence-electron chi connectivity index (χ4n) is 3.37. The summed E-state index contributed by atoms with van der Waals surface area (Å²) >= 11 is 0. The third-order valence-electron chi connectivity index (χ3n) is 5.21. The lowest BCUT2D eigenvalue weighted by Gasteiger charge is -2.20. The molecule has 1 aliphatic carbocycles. The van der Waals surface area contributed by atoms with Crippen molar-refractivity contribution in [2.75, 3.05) is 5.32 Å². The van der Waals surface area contributed by atoms with Crippen molar-refractivity contribution in [3.8, 4) is 0 Å². The highest BCUT2D eigenvalue weighted by Crippen LogP contribution is 2.25. The molecule has 0 saturated heterocycles. The van der Waals surface area contributed by atoms with Gasteiger partial charge in [-0.1, -0.05) is 49.1 Å². The van der Waals surface area contributed by atoms with Crippen LogP contribution in [0.1, 0.15) is 50.2 Å². The smallest absolute Gasteiger partial charge is 0.276 e. The number of amides is 1. The Hall–Kier alpha value is -2.67. The molecule has 1 amide bonds. The fourth-order valence-corrected chi connectivity index (χ4v) is 4.22. The number of carbonyl (C=O) groups is 1. The normalized spacial score (nSPS) is 15.7. The van der Waals surface area contributed by atoms with E-state index in [1.165, 1.54) is 6.42 Å². The maximum absolute atomic E-state index is 12.3. The topological polar surface area (TPSA) is 87.6 Å². The molecule has 0 aromatic heterocycles. The van der Waals surface area contributed by atoms with E-state index in [0.717, 1.165) is 42.5 Å². The zero-order chi connectivity index (χ0) is 20.9. The van der Waals surface area contributed by atoms with E-state index in [2.05, 4.69) is 15.2 Å². The number of rotatable bonds is 6. The molecule has 0 unspecified atom stereocenters. The maximum Gasteiger partial charge on any atom is 0.276 e. The number of hydrogen-bond acceptors (Lipinski definition) is 4. The Balaban J connectivity index is 1.62. The first-order valence-electron chi connectivity index (χ1n) is 9.89. The van der Waals surface area contributed by atoms with Crippen molar-refractivity contribution in [2.45, 2.75) is 50.8 Å². The zero-order valence-corrected chi connectivity index (χ0v) is 17.6.